The number of hydrogen-bond acceptors (Lipinski definition) is 0. The lowest BCUT2D eigenvalue weighted by molar-refractivity contribution is 0.850. The van der Waals surface area contributed by atoms with E-state index in [0.29, 0.717) is 11.5 Å². The Morgan fingerprint density at radius 2 is 1.54 bits per heavy atom. The Morgan fingerprint density at radius 3 is 2.19 bits per heavy atom. The van der Waals surface area contributed by atoms with Crippen molar-refractivity contribution in [1.29, 1.82) is 0 Å². The highest BCUT2D eigenvalue weighted by atomic mass is 28.2. The lowest BCUT2D eigenvalue weighted by Gasteiger charge is -2.20. The summed E-state index contributed by atoms with van der Waals surface area (Å²) in [5.41, 5.74) is 12.7. The fourth-order valence-electron chi connectivity index (χ4n) is 4.76. The Balaban J connectivity index is 1.73. The second kappa shape index (κ2) is 6.55. The predicted molar refractivity (Wildman–Crippen MR) is 117 cm³/mol. The molecule has 0 nitrogen and oxygen atoms in total. The van der Waals surface area contributed by atoms with Gasteiger partial charge >= 0.3 is 0 Å². The summed E-state index contributed by atoms with van der Waals surface area (Å²) < 4.78 is 0. The molecule has 132 valence electrons. The number of fused-ring (bicyclic) bond motifs is 1. The quantitative estimate of drug-likeness (QED) is 0.571. The maximum atomic E-state index is 2.46. The first-order valence-electron chi connectivity index (χ1n) is 9.73. The van der Waals surface area contributed by atoms with E-state index < -0.39 is 0 Å². The minimum absolute atomic E-state index is 0.377. The third kappa shape index (κ3) is 2.66. The molecule has 0 aliphatic heterocycles. The van der Waals surface area contributed by atoms with Gasteiger partial charge in [-0.2, -0.15) is 0 Å². The average molecular weight is 357 g/mol. The molecule has 1 heteroatoms. The van der Waals surface area contributed by atoms with Crippen LogP contribution in [-0.4, -0.2) is 9.52 Å². The van der Waals surface area contributed by atoms with Crippen LogP contribution in [0.3, 0.4) is 0 Å². The molecule has 2 aromatic rings. The summed E-state index contributed by atoms with van der Waals surface area (Å²) in [7, 11) is -0.377. The minimum Gasteiger partial charge on any atom is -0.0771 e. The number of allylic oxidation sites excluding steroid dienone is 5. The van der Waals surface area contributed by atoms with Gasteiger partial charge in [-0.25, -0.2) is 0 Å². The minimum atomic E-state index is -0.377. The summed E-state index contributed by atoms with van der Waals surface area (Å²) >= 11 is 0. The van der Waals surface area contributed by atoms with Crippen LogP contribution in [0.2, 0.25) is 0 Å². The Hall–Kier alpha value is -2.12. The summed E-state index contributed by atoms with van der Waals surface area (Å²) in [5, 5.41) is 1.77. The van der Waals surface area contributed by atoms with Crippen molar-refractivity contribution in [1.82, 2.24) is 0 Å². The highest BCUT2D eigenvalue weighted by Gasteiger charge is 2.30. The van der Waals surface area contributed by atoms with E-state index in [1.165, 1.54) is 22.3 Å². The largest absolute Gasteiger partial charge is 0.0771 e. The molecule has 0 fully saturated rings. The molecule has 2 atom stereocenters. The zero-order valence-electron chi connectivity index (χ0n) is 16.6. The molecule has 0 amide bonds. The second-order valence-electron chi connectivity index (χ2n) is 8.00. The van der Waals surface area contributed by atoms with Crippen molar-refractivity contribution in [2.45, 2.75) is 40.2 Å². The molecular formula is C25H28Si. The first-order chi connectivity index (χ1) is 12.5. The van der Waals surface area contributed by atoms with Crippen LogP contribution in [0.25, 0.3) is 17.2 Å². The van der Waals surface area contributed by atoms with Crippen LogP contribution in [0, 0.1) is 5.92 Å². The Bertz CT molecular complexity index is 957. The molecular weight excluding hydrogens is 328 g/mol. The van der Waals surface area contributed by atoms with Gasteiger partial charge in [0.2, 0.25) is 0 Å². The van der Waals surface area contributed by atoms with E-state index >= 15 is 0 Å². The standard InChI is InChI=1S/C25H28Si/c1-15-14-23-21(20-10-7-6-8-11-20)12-9-13-22(23)24(15)26-25-18(4)16(2)17(3)19(25)5/h6-14,18,24H,26H2,1-5H3. The molecule has 0 saturated heterocycles. The van der Waals surface area contributed by atoms with E-state index in [4.69, 9.17) is 0 Å². The topological polar surface area (TPSA) is 0 Å². The fraction of sp³-hybridized carbons (Fsp3) is 0.280. The molecule has 26 heavy (non-hydrogen) atoms. The van der Waals surface area contributed by atoms with Gasteiger partial charge in [0.25, 0.3) is 0 Å². The zero-order valence-corrected chi connectivity index (χ0v) is 18.0. The molecule has 0 heterocycles. The van der Waals surface area contributed by atoms with Crippen LogP contribution >= 0.6 is 0 Å². The molecule has 2 aliphatic rings. The van der Waals surface area contributed by atoms with Gasteiger partial charge in [-0.05, 0) is 67.0 Å². The van der Waals surface area contributed by atoms with Crippen molar-refractivity contribution in [3.63, 3.8) is 0 Å². The van der Waals surface area contributed by atoms with Gasteiger partial charge < -0.3 is 0 Å². The third-order valence-electron chi connectivity index (χ3n) is 6.75. The predicted octanol–water partition coefficient (Wildman–Crippen LogP) is 6.24. The van der Waals surface area contributed by atoms with Gasteiger partial charge in [0.1, 0.15) is 0 Å². The Labute approximate surface area is 160 Å². The first kappa shape index (κ1) is 17.3. The molecule has 0 spiro atoms. The highest BCUT2D eigenvalue weighted by molar-refractivity contribution is 6.49. The van der Waals surface area contributed by atoms with Crippen LogP contribution in [-0.2, 0) is 0 Å². The van der Waals surface area contributed by atoms with Gasteiger partial charge in [0, 0.05) is 0 Å². The molecule has 2 aliphatic carbocycles. The van der Waals surface area contributed by atoms with Gasteiger partial charge in [-0.1, -0.05) is 83.4 Å². The van der Waals surface area contributed by atoms with Gasteiger partial charge in [0.15, 0.2) is 0 Å². The molecule has 0 bridgehead atoms. The van der Waals surface area contributed by atoms with Crippen LogP contribution in [0.4, 0.5) is 0 Å². The Kier molecular flexibility index (Phi) is 4.36. The smallest absolute Gasteiger partial charge is 0.0635 e. The van der Waals surface area contributed by atoms with Gasteiger partial charge in [-0.3, -0.25) is 0 Å². The first-order valence-corrected chi connectivity index (χ1v) is 11.2. The van der Waals surface area contributed by atoms with Crippen molar-refractivity contribution in [2.75, 3.05) is 0 Å². The average Bonchev–Trinajstić information content (AvgIpc) is 3.07. The van der Waals surface area contributed by atoms with Crippen molar-refractivity contribution >= 4 is 15.6 Å². The Morgan fingerprint density at radius 1 is 0.808 bits per heavy atom. The molecule has 4 rings (SSSR count). The van der Waals surface area contributed by atoms with Crippen molar-refractivity contribution < 1.29 is 0 Å². The fourth-order valence-corrected chi connectivity index (χ4v) is 7.45. The summed E-state index contributed by atoms with van der Waals surface area (Å²) in [6.45, 7) is 11.7. The molecule has 2 aromatic carbocycles. The maximum absolute atomic E-state index is 2.46. The third-order valence-corrected chi connectivity index (χ3v) is 9.83. The number of rotatable bonds is 3. The SMILES string of the molecule is CC1=Cc2c(-c3ccccc3)cccc2C1[SiH2]C1=C(C)C(C)=C(C)C1C. The highest BCUT2D eigenvalue weighted by Crippen LogP contribution is 2.44. The van der Waals surface area contributed by atoms with Crippen molar-refractivity contribution in [3.8, 4) is 11.1 Å². The summed E-state index contributed by atoms with van der Waals surface area (Å²) in [6.07, 6.45) is 2.46. The van der Waals surface area contributed by atoms with Crippen molar-refractivity contribution in [2.24, 2.45) is 5.92 Å². The zero-order chi connectivity index (χ0) is 18.4. The maximum Gasteiger partial charge on any atom is 0.0635 e. The molecule has 2 unspecified atom stereocenters. The van der Waals surface area contributed by atoms with Gasteiger partial charge in [-0.15, -0.1) is 0 Å². The normalized spacial score (nSPS) is 22.6. The van der Waals surface area contributed by atoms with E-state index in [9.17, 15) is 0 Å². The summed E-state index contributed by atoms with van der Waals surface area (Å²) in [5.74, 6) is 0.649. The van der Waals surface area contributed by atoms with E-state index in [1.54, 1.807) is 27.5 Å². The summed E-state index contributed by atoms with van der Waals surface area (Å²) in [6, 6.07) is 17.7. The molecule has 0 saturated carbocycles. The number of hydrogen-bond donors (Lipinski definition) is 0. The molecule has 0 N–H and O–H groups in total. The van der Waals surface area contributed by atoms with Crippen molar-refractivity contribution in [3.05, 3.63) is 87.1 Å². The van der Waals surface area contributed by atoms with E-state index in [2.05, 4.69) is 89.2 Å². The van der Waals surface area contributed by atoms with E-state index in [0.717, 1.165) is 0 Å². The van der Waals surface area contributed by atoms with E-state index in [1.807, 2.05) is 0 Å². The lowest BCUT2D eigenvalue weighted by Crippen LogP contribution is -2.15. The monoisotopic (exact) mass is 356 g/mol. The second-order valence-corrected chi connectivity index (χ2v) is 9.99. The van der Waals surface area contributed by atoms with Crippen LogP contribution in [0.1, 0.15) is 51.3 Å². The number of benzene rings is 2. The van der Waals surface area contributed by atoms with Crippen LogP contribution in [0.15, 0.2) is 76.0 Å². The van der Waals surface area contributed by atoms with Crippen LogP contribution < -0.4 is 0 Å². The van der Waals surface area contributed by atoms with E-state index in [-0.39, 0.29) is 9.52 Å². The van der Waals surface area contributed by atoms with Gasteiger partial charge in [0.05, 0.1) is 9.52 Å². The molecule has 0 radical (unpaired) electrons. The van der Waals surface area contributed by atoms with Crippen LogP contribution in [0.5, 0.6) is 0 Å². The molecule has 0 aromatic heterocycles. The summed E-state index contributed by atoms with van der Waals surface area (Å²) in [4.78, 5) is 0. The lowest BCUT2D eigenvalue weighted by atomic mass is 9.97.